The van der Waals surface area contributed by atoms with Gasteiger partial charge in [-0.2, -0.15) is 5.10 Å². The first-order valence-electron chi connectivity index (χ1n) is 8.64. The number of non-ortho nitro benzene ring substituents is 1. The fourth-order valence-corrected chi connectivity index (χ4v) is 3.05. The highest BCUT2D eigenvalue weighted by Crippen LogP contribution is 2.26. The number of carbonyl (C=O) groups excluding carboxylic acids is 1. The van der Waals surface area contributed by atoms with Crippen molar-refractivity contribution in [2.45, 2.75) is 0 Å². The molecule has 0 bridgehead atoms. The fourth-order valence-electron chi connectivity index (χ4n) is 3.05. The average Bonchev–Trinajstić information content (AvgIpc) is 3.17. The second kappa shape index (κ2) is 7.43. The minimum Gasteiger partial charge on any atom is -0.496 e. The Hall–Kier alpha value is -4.20. The third kappa shape index (κ3) is 3.51. The molecule has 1 N–H and O–H groups in total. The number of nitrogens with one attached hydrogen (secondary N) is 1. The van der Waals surface area contributed by atoms with E-state index in [0.29, 0.717) is 16.7 Å². The van der Waals surface area contributed by atoms with E-state index in [9.17, 15) is 14.9 Å². The summed E-state index contributed by atoms with van der Waals surface area (Å²) >= 11 is 0. The lowest BCUT2D eigenvalue weighted by Crippen LogP contribution is -2.16. The number of rotatable bonds is 5. The maximum Gasteiger partial charge on any atom is 0.307 e. The molecule has 0 unspecified atom stereocenters. The first-order valence-corrected chi connectivity index (χ1v) is 8.64. The number of nitrogens with zero attached hydrogens (tertiary/aromatic N) is 2. The summed E-state index contributed by atoms with van der Waals surface area (Å²) in [6.07, 6.45) is 1.51. The number of methoxy groups -OCH3 is 1. The molecule has 0 spiro atoms. The molecule has 3 aromatic carbocycles. The normalized spacial score (nSPS) is 11.2. The molecule has 1 heterocycles. The molecular formula is C21H15N3O5. The molecule has 4 aromatic rings. The molecule has 0 radical (unpaired) electrons. The van der Waals surface area contributed by atoms with Crippen molar-refractivity contribution in [3.05, 3.63) is 82.1 Å². The molecule has 8 heteroatoms. The van der Waals surface area contributed by atoms with E-state index in [0.717, 1.165) is 16.3 Å². The van der Waals surface area contributed by atoms with Crippen LogP contribution in [-0.2, 0) is 0 Å². The number of ether oxygens (including phenoxy) is 1. The van der Waals surface area contributed by atoms with Crippen molar-refractivity contribution in [3.8, 4) is 5.75 Å². The van der Waals surface area contributed by atoms with E-state index in [2.05, 4.69) is 10.5 Å². The number of nitro benzene ring substituents is 1. The zero-order chi connectivity index (χ0) is 20.4. The highest BCUT2D eigenvalue weighted by Gasteiger charge is 2.15. The van der Waals surface area contributed by atoms with Crippen LogP contribution in [0, 0.1) is 10.1 Å². The molecule has 0 fully saturated rings. The predicted molar refractivity (Wildman–Crippen MR) is 108 cm³/mol. The summed E-state index contributed by atoms with van der Waals surface area (Å²) in [5.41, 5.74) is 3.43. The van der Waals surface area contributed by atoms with E-state index in [1.54, 1.807) is 7.11 Å². The first-order chi connectivity index (χ1) is 14.1. The Kier molecular flexibility index (Phi) is 4.66. The SMILES string of the molecule is COc1ccc2ccccc2c1/C=N/NC(=O)c1cc2cc([N+](=O)[O-])ccc2o1. The van der Waals surface area contributed by atoms with Crippen molar-refractivity contribution >= 4 is 39.6 Å². The van der Waals surface area contributed by atoms with Crippen LogP contribution in [0.2, 0.25) is 0 Å². The van der Waals surface area contributed by atoms with E-state index in [-0.39, 0.29) is 11.4 Å². The van der Waals surface area contributed by atoms with E-state index < -0.39 is 10.8 Å². The monoisotopic (exact) mass is 389 g/mol. The number of carbonyl (C=O) groups is 1. The van der Waals surface area contributed by atoms with E-state index in [1.807, 2.05) is 36.4 Å². The van der Waals surface area contributed by atoms with Crippen LogP contribution in [0.5, 0.6) is 5.75 Å². The lowest BCUT2D eigenvalue weighted by atomic mass is 10.0. The molecular weight excluding hydrogens is 374 g/mol. The van der Waals surface area contributed by atoms with Gasteiger partial charge in [-0.05, 0) is 29.0 Å². The van der Waals surface area contributed by atoms with Gasteiger partial charge in [-0.3, -0.25) is 14.9 Å². The molecule has 8 nitrogen and oxygen atoms in total. The van der Waals surface area contributed by atoms with Crippen molar-refractivity contribution in [2.24, 2.45) is 5.10 Å². The van der Waals surface area contributed by atoms with Crippen LogP contribution in [0.3, 0.4) is 0 Å². The van der Waals surface area contributed by atoms with E-state index >= 15 is 0 Å². The lowest BCUT2D eigenvalue weighted by Gasteiger charge is -2.08. The zero-order valence-electron chi connectivity index (χ0n) is 15.3. The van der Waals surface area contributed by atoms with Crippen LogP contribution in [0.1, 0.15) is 16.1 Å². The Labute approximate surface area is 164 Å². The van der Waals surface area contributed by atoms with Crippen LogP contribution >= 0.6 is 0 Å². The fraction of sp³-hybridized carbons (Fsp3) is 0.0476. The number of nitro groups is 1. The molecule has 0 aliphatic rings. The quantitative estimate of drug-likeness (QED) is 0.312. The van der Waals surface area contributed by atoms with Gasteiger partial charge in [-0.25, -0.2) is 5.43 Å². The van der Waals surface area contributed by atoms with Crippen LogP contribution < -0.4 is 10.2 Å². The summed E-state index contributed by atoms with van der Waals surface area (Å²) in [6.45, 7) is 0. The van der Waals surface area contributed by atoms with Crippen molar-refractivity contribution in [1.29, 1.82) is 0 Å². The summed E-state index contributed by atoms with van der Waals surface area (Å²) in [5, 5.41) is 17.3. The van der Waals surface area contributed by atoms with Gasteiger partial charge < -0.3 is 9.15 Å². The Balaban J connectivity index is 1.58. The summed E-state index contributed by atoms with van der Waals surface area (Å²) in [6, 6.07) is 17.1. The average molecular weight is 389 g/mol. The van der Waals surface area contributed by atoms with Gasteiger partial charge in [0.1, 0.15) is 11.3 Å². The third-order valence-corrected chi connectivity index (χ3v) is 4.44. The summed E-state index contributed by atoms with van der Waals surface area (Å²) < 4.78 is 10.8. The lowest BCUT2D eigenvalue weighted by molar-refractivity contribution is -0.384. The summed E-state index contributed by atoms with van der Waals surface area (Å²) in [4.78, 5) is 22.7. The van der Waals surface area contributed by atoms with Gasteiger partial charge in [0.05, 0.1) is 18.2 Å². The number of fused-ring (bicyclic) bond motifs is 2. The minimum absolute atomic E-state index is 0.00235. The molecule has 1 aromatic heterocycles. The zero-order valence-corrected chi connectivity index (χ0v) is 15.3. The maximum absolute atomic E-state index is 12.4. The van der Waals surface area contributed by atoms with Crippen LogP contribution in [0.15, 0.2) is 70.2 Å². The van der Waals surface area contributed by atoms with Crippen molar-refractivity contribution in [2.75, 3.05) is 7.11 Å². The summed E-state index contributed by atoms with van der Waals surface area (Å²) in [7, 11) is 1.56. The van der Waals surface area contributed by atoms with Crippen molar-refractivity contribution in [1.82, 2.24) is 5.43 Å². The van der Waals surface area contributed by atoms with Crippen LogP contribution in [-0.4, -0.2) is 24.2 Å². The molecule has 0 aliphatic carbocycles. The maximum atomic E-state index is 12.4. The topological polar surface area (TPSA) is 107 Å². The van der Waals surface area contributed by atoms with Gasteiger partial charge in [-0.15, -0.1) is 0 Å². The molecule has 29 heavy (non-hydrogen) atoms. The molecule has 1 amide bonds. The van der Waals surface area contributed by atoms with Crippen LogP contribution in [0.4, 0.5) is 5.69 Å². The predicted octanol–water partition coefficient (Wildman–Crippen LogP) is 4.27. The highest BCUT2D eigenvalue weighted by atomic mass is 16.6. The van der Waals surface area contributed by atoms with Gasteiger partial charge in [0.2, 0.25) is 0 Å². The molecule has 4 rings (SSSR count). The van der Waals surface area contributed by atoms with Gasteiger partial charge in [0.25, 0.3) is 5.69 Å². The van der Waals surface area contributed by atoms with Gasteiger partial charge >= 0.3 is 5.91 Å². The molecule has 0 saturated carbocycles. The molecule has 144 valence electrons. The Morgan fingerprint density at radius 2 is 1.97 bits per heavy atom. The standard InChI is InChI=1S/C21H15N3O5/c1-28-19-8-6-13-4-2-3-5-16(13)17(19)12-22-23-21(25)20-11-14-10-15(24(26)27)7-9-18(14)29-20/h2-12H,1H3,(H,23,25)/b22-12+. The largest absolute Gasteiger partial charge is 0.496 e. The second-order valence-corrected chi connectivity index (χ2v) is 6.19. The van der Waals surface area contributed by atoms with Crippen molar-refractivity contribution in [3.63, 3.8) is 0 Å². The highest BCUT2D eigenvalue weighted by molar-refractivity contribution is 6.03. The Morgan fingerprint density at radius 1 is 1.14 bits per heavy atom. The van der Waals surface area contributed by atoms with Gasteiger partial charge in [0.15, 0.2) is 5.76 Å². The number of hydrogen-bond acceptors (Lipinski definition) is 6. The summed E-state index contributed by atoms with van der Waals surface area (Å²) in [5.74, 6) is 0.0552. The van der Waals surface area contributed by atoms with E-state index in [4.69, 9.17) is 9.15 Å². The van der Waals surface area contributed by atoms with E-state index in [1.165, 1.54) is 30.5 Å². The van der Waals surface area contributed by atoms with Gasteiger partial charge in [-0.1, -0.05) is 30.3 Å². The molecule has 0 aliphatic heterocycles. The number of furan rings is 1. The Bertz CT molecular complexity index is 1280. The van der Waals surface area contributed by atoms with Crippen LogP contribution in [0.25, 0.3) is 21.7 Å². The van der Waals surface area contributed by atoms with Crippen molar-refractivity contribution < 1.29 is 18.9 Å². The number of hydrogen-bond donors (Lipinski definition) is 1. The number of benzene rings is 3. The third-order valence-electron chi connectivity index (χ3n) is 4.44. The second-order valence-electron chi connectivity index (χ2n) is 6.19. The Morgan fingerprint density at radius 3 is 2.76 bits per heavy atom. The molecule has 0 atom stereocenters. The smallest absolute Gasteiger partial charge is 0.307 e. The number of hydrazone groups is 1. The minimum atomic E-state index is -0.570. The number of amides is 1. The van der Waals surface area contributed by atoms with Gasteiger partial charge in [0, 0.05) is 23.1 Å². The first kappa shape index (κ1) is 18.2. The molecule has 0 saturated heterocycles.